The summed E-state index contributed by atoms with van der Waals surface area (Å²) in [6.07, 6.45) is -0.441. The molecule has 1 rings (SSSR count). The van der Waals surface area contributed by atoms with Crippen LogP contribution in [0.3, 0.4) is 0 Å². The lowest BCUT2D eigenvalue weighted by Crippen LogP contribution is -2.07. The molecule has 0 amide bonds. The van der Waals surface area contributed by atoms with Crippen molar-refractivity contribution in [2.75, 3.05) is 5.43 Å². The lowest BCUT2D eigenvalue weighted by Gasteiger charge is -2.06. The Labute approximate surface area is 65.8 Å². The zero-order valence-corrected chi connectivity index (χ0v) is 6.41. The molecule has 0 bridgehead atoms. The summed E-state index contributed by atoms with van der Waals surface area (Å²) in [6, 6.07) is 7.35. The molecular weight excluding hydrogens is 140 g/mol. The predicted octanol–water partition coefficient (Wildman–Crippen LogP) is 1.03. The maximum atomic E-state index is 9.18. The first kappa shape index (κ1) is 8.04. The van der Waals surface area contributed by atoms with Crippen molar-refractivity contribution in [2.45, 2.75) is 13.0 Å². The summed E-state index contributed by atoms with van der Waals surface area (Å²) in [5.41, 5.74) is 4.18. The number of aliphatic hydroxyl groups is 1. The van der Waals surface area contributed by atoms with Crippen LogP contribution in [0, 0.1) is 0 Å². The van der Waals surface area contributed by atoms with Crippen molar-refractivity contribution in [3.8, 4) is 0 Å². The highest BCUT2D eigenvalue weighted by Gasteiger charge is 1.99. The minimum atomic E-state index is -0.441. The summed E-state index contributed by atoms with van der Waals surface area (Å²) in [6.45, 7) is 1.72. The third kappa shape index (κ3) is 1.93. The number of rotatable bonds is 2. The topological polar surface area (TPSA) is 58.3 Å². The zero-order valence-electron chi connectivity index (χ0n) is 6.41. The largest absolute Gasteiger partial charge is 0.389 e. The standard InChI is InChI=1S/C8H12N2O/c1-6(11)7-3-2-4-8(5-7)10-9/h2-6,10-11H,9H2,1H3/t6-/m0/s1. The molecule has 1 atom stereocenters. The second-order valence-electron chi connectivity index (χ2n) is 2.45. The molecule has 0 aliphatic heterocycles. The van der Waals surface area contributed by atoms with Crippen LogP contribution in [-0.4, -0.2) is 5.11 Å². The van der Waals surface area contributed by atoms with E-state index in [4.69, 9.17) is 5.84 Å². The molecule has 0 fully saturated rings. The van der Waals surface area contributed by atoms with Crippen molar-refractivity contribution in [1.29, 1.82) is 0 Å². The molecule has 0 aliphatic carbocycles. The zero-order chi connectivity index (χ0) is 8.27. The Morgan fingerprint density at radius 2 is 2.27 bits per heavy atom. The van der Waals surface area contributed by atoms with Crippen LogP contribution < -0.4 is 11.3 Å². The third-order valence-electron chi connectivity index (χ3n) is 1.54. The van der Waals surface area contributed by atoms with Crippen molar-refractivity contribution in [3.05, 3.63) is 29.8 Å². The van der Waals surface area contributed by atoms with Crippen LogP contribution in [0.25, 0.3) is 0 Å². The molecule has 0 aromatic heterocycles. The van der Waals surface area contributed by atoms with Gasteiger partial charge in [-0.3, -0.25) is 5.84 Å². The molecule has 0 spiro atoms. The highest BCUT2D eigenvalue weighted by atomic mass is 16.3. The average molecular weight is 152 g/mol. The number of aliphatic hydroxyl groups excluding tert-OH is 1. The van der Waals surface area contributed by atoms with Gasteiger partial charge in [0.05, 0.1) is 6.10 Å². The lowest BCUT2D eigenvalue weighted by molar-refractivity contribution is 0.199. The summed E-state index contributed by atoms with van der Waals surface area (Å²) in [5, 5.41) is 9.18. The normalized spacial score (nSPS) is 12.6. The van der Waals surface area contributed by atoms with Gasteiger partial charge in [-0.05, 0) is 24.6 Å². The number of nitrogens with one attached hydrogen (secondary N) is 1. The highest BCUT2D eigenvalue weighted by Crippen LogP contribution is 2.15. The number of hydrazine groups is 1. The average Bonchev–Trinajstić information content (AvgIpc) is 2.05. The van der Waals surface area contributed by atoms with E-state index in [-0.39, 0.29) is 0 Å². The molecule has 0 radical (unpaired) electrons. The lowest BCUT2D eigenvalue weighted by atomic mass is 10.1. The second kappa shape index (κ2) is 3.37. The van der Waals surface area contributed by atoms with E-state index in [9.17, 15) is 5.11 Å². The molecule has 4 N–H and O–H groups in total. The van der Waals surface area contributed by atoms with E-state index in [1.54, 1.807) is 6.92 Å². The Balaban J connectivity index is 2.91. The van der Waals surface area contributed by atoms with Gasteiger partial charge in [0, 0.05) is 5.69 Å². The van der Waals surface area contributed by atoms with Crippen molar-refractivity contribution in [3.63, 3.8) is 0 Å². The first-order valence-electron chi connectivity index (χ1n) is 3.48. The number of hydrogen-bond acceptors (Lipinski definition) is 3. The molecule has 3 heteroatoms. The van der Waals surface area contributed by atoms with E-state index in [0.717, 1.165) is 11.3 Å². The van der Waals surface area contributed by atoms with E-state index >= 15 is 0 Å². The second-order valence-corrected chi connectivity index (χ2v) is 2.45. The van der Waals surface area contributed by atoms with Gasteiger partial charge < -0.3 is 10.5 Å². The van der Waals surface area contributed by atoms with Crippen LogP contribution in [0.4, 0.5) is 5.69 Å². The first-order chi connectivity index (χ1) is 5.24. The van der Waals surface area contributed by atoms with Gasteiger partial charge in [-0.15, -0.1) is 0 Å². The fourth-order valence-electron chi connectivity index (χ4n) is 0.888. The minimum Gasteiger partial charge on any atom is -0.389 e. The van der Waals surface area contributed by atoms with Crippen LogP contribution in [0.1, 0.15) is 18.6 Å². The fourth-order valence-corrected chi connectivity index (χ4v) is 0.888. The smallest absolute Gasteiger partial charge is 0.0762 e. The van der Waals surface area contributed by atoms with Crippen molar-refractivity contribution >= 4 is 5.69 Å². The molecular formula is C8H12N2O. The number of nitrogens with two attached hydrogens (primary N) is 1. The Morgan fingerprint density at radius 3 is 2.82 bits per heavy atom. The Kier molecular flexibility index (Phi) is 2.46. The maximum absolute atomic E-state index is 9.18. The van der Waals surface area contributed by atoms with Crippen molar-refractivity contribution in [2.24, 2.45) is 5.84 Å². The van der Waals surface area contributed by atoms with E-state index in [2.05, 4.69) is 5.43 Å². The summed E-state index contributed by atoms with van der Waals surface area (Å²) in [7, 11) is 0. The number of hydrogen-bond donors (Lipinski definition) is 3. The third-order valence-corrected chi connectivity index (χ3v) is 1.54. The van der Waals surface area contributed by atoms with Gasteiger partial charge in [0.25, 0.3) is 0 Å². The molecule has 60 valence electrons. The van der Waals surface area contributed by atoms with Crippen molar-refractivity contribution in [1.82, 2.24) is 0 Å². The Morgan fingerprint density at radius 1 is 1.55 bits per heavy atom. The van der Waals surface area contributed by atoms with Crippen LogP contribution in [-0.2, 0) is 0 Å². The molecule has 3 nitrogen and oxygen atoms in total. The maximum Gasteiger partial charge on any atom is 0.0762 e. The quantitative estimate of drug-likeness (QED) is 0.438. The van der Waals surface area contributed by atoms with Gasteiger partial charge in [0.15, 0.2) is 0 Å². The highest BCUT2D eigenvalue weighted by molar-refractivity contribution is 5.44. The van der Waals surface area contributed by atoms with E-state index in [0.29, 0.717) is 0 Å². The van der Waals surface area contributed by atoms with Gasteiger partial charge in [-0.1, -0.05) is 12.1 Å². The van der Waals surface area contributed by atoms with E-state index in [1.165, 1.54) is 0 Å². The summed E-state index contributed by atoms with van der Waals surface area (Å²) >= 11 is 0. The molecule has 0 saturated carbocycles. The molecule has 0 heterocycles. The van der Waals surface area contributed by atoms with Gasteiger partial charge in [-0.2, -0.15) is 0 Å². The van der Waals surface area contributed by atoms with Gasteiger partial charge in [0.2, 0.25) is 0 Å². The van der Waals surface area contributed by atoms with Gasteiger partial charge in [-0.25, -0.2) is 0 Å². The Hall–Kier alpha value is -1.06. The number of benzene rings is 1. The SMILES string of the molecule is C[C@H](O)c1cccc(NN)c1. The van der Waals surface area contributed by atoms with E-state index in [1.807, 2.05) is 24.3 Å². The summed E-state index contributed by atoms with van der Waals surface area (Å²) < 4.78 is 0. The summed E-state index contributed by atoms with van der Waals surface area (Å²) in [4.78, 5) is 0. The fraction of sp³-hybridized carbons (Fsp3) is 0.250. The van der Waals surface area contributed by atoms with Gasteiger partial charge in [0.1, 0.15) is 0 Å². The van der Waals surface area contributed by atoms with Gasteiger partial charge >= 0.3 is 0 Å². The molecule has 1 aromatic rings. The monoisotopic (exact) mass is 152 g/mol. The van der Waals surface area contributed by atoms with Crippen LogP contribution in [0.15, 0.2) is 24.3 Å². The molecule has 1 aromatic carbocycles. The predicted molar refractivity (Wildman–Crippen MR) is 44.9 cm³/mol. The van der Waals surface area contributed by atoms with Crippen LogP contribution in [0.2, 0.25) is 0 Å². The molecule has 0 aliphatic rings. The summed E-state index contributed by atoms with van der Waals surface area (Å²) in [5.74, 6) is 5.19. The number of anilines is 1. The first-order valence-corrected chi connectivity index (χ1v) is 3.48. The number of nitrogen functional groups attached to an aromatic ring is 1. The van der Waals surface area contributed by atoms with Crippen LogP contribution in [0.5, 0.6) is 0 Å². The Bertz CT molecular complexity index is 235. The van der Waals surface area contributed by atoms with Crippen LogP contribution >= 0.6 is 0 Å². The molecule has 0 unspecified atom stereocenters. The molecule has 11 heavy (non-hydrogen) atoms. The van der Waals surface area contributed by atoms with Crippen molar-refractivity contribution < 1.29 is 5.11 Å². The minimum absolute atomic E-state index is 0.441. The van der Waals surface area contributed by atoms with E-state index < -0.39 is 6.10 Å². The molecule has 0 saturated heterocycles.